The van der Waals surface area contributed by atoms with Crippen LogP contribution in [-0.4, -0.2) is 41.0 Å². The van der Waals surface area contributed by atoms with Gasteiger partial charge in [0, 0.05) is 19.1 Å². The molecule has 0 atom stereocenters. The lowest BCUT2D eigenvalue weighted by Crippen LogP contribution is -2.12. The van der Waals surface area contributed by atoms with E-state index < -0.39 is 5.97 Å². The Balaban J connectivity index is 2.15. The number of methoxy groups -OCH3 is 4. The molecule has 0 aliphatic carbocycles. The minimum Gasteiger partial charge on any atom is -0.497 e. The van der Waals surface area contributed by atoms with Gasteiger partial charge in [0.25, 0.3) is 5.95 Å². The second-order valence-corrected chi connectivity index (χ2v) is 6.46. The minimum atomic E-state index is -0.475. The first kappa shape index (κ1) is 21.1. The Kier molecular flexibility index (Phi) is 6.51. The van der Waals surface area contributed by atoms with Gasteiger partial charge in [-0.05, 0) is 47.0 Å². The van der Waals surface area contributed by atoms with Crippen LogP contribution in [0.15, 0.2) is 48.4 Å². The minimum absolute atomic E-state index is 0.122. The molecular weight excluding hydrogens is 388 g/mol. The Morgan fingerprint density at radius 1 is 0.767 bits per heavy atom. The Labute approximate surface area is 175 Å². The van der Waals surface area contributed by atoms with Gasteiger partial charge in [0.15, 0.2) is 0 Å². The monoisotopic (exact) mass is 412 g/mol. The molecule has 30 heavy (non-hydrogen) atoms. The number of rotatable bonds is 7. The van der Waals surface area contributed by atoms with Crippen molar-refractivity contribution in [2.75, 3.05) is 35.0 Å². The van der Waals surface area contributed by atoms with E-state index in [1.165, 1.54) is 6.92 Å². The predicted octanol–water partition coefficient (Wildman–Crippen LogP) is 4.07. The summed E-state index contributed by atoms with van der Waals surface area (Å²) < 4.78 is 32.6. The lowest BCUT2D eigenvalue weighted by molar-refractivity contribution is -0.141. The second kappa shape index (κ2) is 9.26. The molecule has 158 valence electrons. The summed E-state index contributed by atoms with van der Waals surface area (Å²) in [6.45, 7) is 1.54. The molecule has 0 bridgehead atoms. The predicted molar refractivity (Wildman–Crippen MR) is 112 cm³/mol. The van der Waals surface area contributed by atoms with E-state index in [9.17, 15) is 4.79 Å². The van der Waals surface area contributed by atoms with Crippen molar-refractivity contribution in [1.82, 2.24) is 0 Å². The van der Waals surface area contributed by atoms with Crippen LogP contribution in [0.1, 0.15) is 18.1 Å². The van der Waals surface area contributed by atoms with Crippen LogP contribution in [-0.2, 0) is 14.3 Å². The maximum absolute atomic E-state index is 11.6. The summed E-state index contributed by atoms with van der Waals surface area (Å²) in [7, 11) is 6.33. The van der Waals surface area contributed by atoms with Gasteiger partial charge in [-0.15, -0.1) is 0 Å². The number of hydrogen-bond donors (Lipinski definition) is 0. The van der Waals surface area contributed by atoms with E-state index in [0.29, 0.717) is 28.6 Å². The molecular formula is C23H24O7. The molecule has 0 radical (unpaired) electrons. The van der Waals surface area contributed by atoms with Gasteiger partial charge in [-0.25, -0.2) is 0 Å². The molecule has 0 fully saturated rings. The van der Waals surface area contributed by atoms with Gasteiger partial charge in [-0.2, -0.15) is 0 Å². The van der Waals surface area contributed by atoms with Gasteiger partial charge in [-0.3, -0.25) is 4.79 Å². The maximum atomic E-state index is 11.6. The molecule has 1 aliphatic rings. The van der Waals surface area contributed by atoms with Crippen molar-refractivity contribution in [2.45, 2.75) is 6.92 Å². The van der Waals surface area contributed by atoms with Gasteiger partial charge in [0.1, 0.15) is 29.6 Å². The Bertz CT molecular complexity index is 960. The maximum Gasteiger partial charge on any atom is 0.310 e. The summed E-state index contributed by atoms with van der Waals surface area (Å²) in [5.74, 6) is 2.16. The molecule has 2 aromatic carbocycles. The van der Waals surface area contributed by atoms with E-state index in [1.807, 2.05) is 30.3 Å². The number of carbonyl (C=O) groups is 1. The van der Waals surface area contributed by atoms with Crippen molar-refractivity contribution in [2.24, 2.45) is 0 Å². The third-order valence-electron chi connectivity index (χ3n) is 4.52. The Morgan fingerprint density at radius 3 is 1.67 bits per heavy atom. The topological polar surface area (TPSA) is 72.5 Å². The van der Waals surface area contributed by atoms with Crippen LogP contribution >= 0.6 is 0 Å². The van der Waals surface area contributed by atoms with Gasteiger partial charge in [-0.1, -0.05) is 0 Å². The summed E-state index contributed by atoms with van der Waals surface area (Å²) in [6.07, 6.45) is 1.91. The fourth-order valence-corrected chi connectivity index (χ4v) is 3.03. The smallest absolute Gasteiger partial charge is 0.310 e. The fourth-order valence-electron chi connectivity index (χ4n) is 3.03. The second-order valence-electron chi connectivity index (χ2n) is 6.46. The highest BCUT2D eigenvalue weighted by molar-refractivity contribution is 5.88. The molecule has 0 aromatic heterocycles. The molecule has 0 spiro atoms. The van der Waals surface area contributed by atoms with Crippen LogP contribution in [0.2, 0.25) is 0 Å². The zero-order valence-electron chi connectivity index (χ0n) is 17.6. The van der Waals surface area contributed by atoms with Crippen LogP contribution in [0.25, 0.3) is 11.1 Å². The third kappa shape index (κ3) is 4.68. The highest BCUT2D eigenvalue weighted by Gasteiger charge is 2.22. The molecule has 1 heterocycles. The first-order chi connectivity index (χ1) is 14.5. The van der Waals surface area contributed by atoms with Gasteiger partial charge in [0.05, 0.1) is 34.0 Å². The summed E-state index contributed by atoms with van der Waals surface area (Å²) in [4.78, 5) is 11.6. The summed E-state index contributed by atoms with van der Waals surface area (Å²) in [6, 6.07) is 11.0. The van der Waals surface area contributed by atoms with Gasteiger partial charge < -0.3 is 28.4 Å². The zero-order valence-corrected chi connectivity index (χ0v) is 17.6. The number of hydrogen-bond acceptors (Lipinski definition) is 7. The van der Waals surface area contributed by atoms with E-state index in [0.717, 1.165) is 16.7 Å². The van der Waals surface area contributed by atoms with Gasteiger partial charge >= 0.3 is 5.97 Å². The number of benzene rings is 2. The van der Waals surface area contributed by atoms with Crippen LogP contribution in [0.4, 0.5) is 0 Å². The van der Waals surface area contributed by atoms with Crippen LogP contribution in [0.3, 0.4) is 0 Å². The van der Waals surface area contributed by atoms with Crippen molar-refractivity contribution in [1.29, 1.82) is 0 Å². The molecule has 1 aliphatic heterocycles. The summed E-state index contributed by atoms with van der Waals surface area (Å²) in [5.41, 5.74) is 3.03. The van der Waals surface area contributed by atoms with Crippen LogP contribution in [0, 0.1) is 0 Å². The van der Waals surface area contributed by atoms with E-state index >= 15 is 0 Å². The Morgan fingerprint density at radius 2 is 1.23 bits per heavy atom. The average molecular weight is 412 g/mol. The van der Waals surface area contributed by atoms with E-state index in [-0.39, 0.29) is 12.6 Å². The van der Waals surface area contributed by atoms with Crippen LogP contribution in [0.5, 0.6) is 23.0 Å². The molecule has 0 saturated carbocycles. The number of esters is 1. The summed E-state index contributed by atoms with van der Waals surface area (Å²) in [5, 5.41) is 0. The van der Waals surface area contributed by atoms with Gasteiger partial charge in [0.2, 0.25) is 0 Å². The molecule has 7 nitrogen and oxygen atoms in total. The van der Waals surface area contributed by atoms with Crippen molar-refractivity contribution in [3.05, 3.63) is 59.5 Å². The van der Waals surface area contributed by atoms with Crippen molar-refractivity contribution < 1.29 is 33.2 Å². The average Bonchev–Trinajstić information content (AvgIpc) is 2.78. The molecule has 0 amide bonds. The Hall–Kier alpha value is -3.61. The highest BCUT2D eigenvalue weighted by atomic mass is 16.7. The molecule has 3 rings (SSSR count). The molecule has 0 unspecified atom stereocenters. The molecule has 0 saturated heterocycles. The van der Waals surface area contributed by atoms with Crippen molar-refractivity contribution >= 4 is 17.1 Å². The molecule has 2 aromatic rings. The molecule has 0 N–H and O–H groups in total. The molecule has 7 heteroatoms. The summed E-state index contributed by atoms with van der Waals surface area (Å²) >= 11 is 0. The number of ether oxygens (including phenoxy) is 6. The first-order valence-electron chi connectivity index (χ1n) is 9.20. The number of carbonyl (C=O) groups excluding carboxylic acids is 1. The standard InChI is InChI=1S/C23H24O7/c1-14(24)30-23-22(16-8-20(27-4)12-21(9-16)28-5)10-17(13-29-23)15-6-18(25-2)11-19(7-15)26-3/h6-12H,13H2,1-5H3. The van der Waals surface area contributed by atoms with E-state index in [2.05, 4.69) is 0 Å². The SMILES string of the molecule is COc1cc(OC)cc(C2=CC(c3cc(OC)cc(OC)c3)=C(OC(C)=O)OC2)c1. The third-order valence-corrected chi connectivity index (χ3v) is 4.52. The first-order valence-corrected chi connectivity index (χ1v) is 9.20. The van der Waals surface area contributed by atoms with E-state index in [4.69, 9.17) is 28.4 Å². The van der Waals surface area contributed by atoms with E-state index in [1.54, 1.807) is 40.6 Å². The largest absolute Gasteiger partial charge is 0.497 e. The van der Waals surface area contributed by atoms with Crippen LogP contribution < -0.4 is 18.9 Å². The fraction of sp³-hybridized carbons (Fsp3) is 0.261. The van der Waals surface area contributed by atoms with Crippen molar-refractivity contribution in [3.63, 3.8) is 0 Å². The normalized spacial score (nSPS) is 13.2. The highest BCUT2D eigenvalue weighted by Crippen LogP contribution is 2.36. The number of allylic oxidation sites excluding steroid dienone is 2. The quantitative estimate of drug-likeness (QED) is 0.635. The van der Waals surface area contributed by atoms with Crippen molar-refractivity contribution in [3.8, 4) is 23.0 Å². The lowest BCUT2D eigenvalue weighted by Gasteiger charge is -2.22. The lowest BCUT2D eigenvalue weighted by atomic mass is 9.97. The zero-order chi connectivity index (χ0) is 21.7.